The van der Waals surface area contributed by atoms with Gasteiger partial charge in [-0.2, -0.15) is 5.26 Å². The minimum absolute atomic E-state index is 0.0588. The fourth-order valence-electron chi connectivity index (χ4n) is 1.99. The number of nitrogens with zero attached hydrogens (tertiary/aromatic N) is 1. The molecule has 2 aromatic rings. The second-order valence-corrected chi connectivity index (χ2v) is 5.18. The Morgan fingerprint density at radius 3 is 2.46 bits per heavy atom. The van der Waals surface area contributed by atoms with Crippen molar-refractivity contribution >= 4 is 29.3 Å². The van der Waals surface area contributed by atoms with E-state index in [9.17, 15) is 10.1 Å². The Kier molecular flexibility index (Phi) is 5.83. The van der Waals surface area contributed by atoms with Crippen molar-refractivity contribution in [2.75, 3.05) is 19.5 Å². The summed E-state index contributed by atoms with van der Waals surface area (Å²) in [6, 6.07) is 13.6. The first kappa shape index (κ1) is 17.4. The van der Waals surface area contributed by atoms with Crippen LogP contribution in [0, 0.1) is 11.3 Å². The number of hydrogen-bond acceptors (Lipinski definition) is 4. The van der Waals surface area contributed by atoms with E-state index in [1.807, 2.05) is 6.07 Å². The maximum atomic E-state index is 12.3. The summed E-state index contributed by atoms with van der Waals surface area (Å²) in [4.78, 5) is 12.3. The van der Waals surface area contributed by atoms with E-state index >= 15 is 0 Å². The van der Waals surface area contributed by atoms with Gasteiger partial charge < -0.3 is 14.8 Å². The lowest BCUT2D eigenvalue weighted by Crippen LogP contribution is -2.13. The van der Waals surface area contributed by atoms with Gasteiger partial charge in [0.25, 0.3) is 5.91 Å². The predicted molar refractivity (Wildman–Crippen MR) is 93.2 cm³/mol. The van der Waals surface area contributed by atoms with E-state index < -0.39 is 5.91 Å². The molecule has 2 rings (SSSR count). The van der Waals surface area contributed by atoms with Crippen LogP contribution in [-0.2, 0) is 4.79 Å². The fourth-order valence-corrected chi connectivity index (χ4v) is 2.11. The summed E-state index contributed by atoms with van der Waals surface area (Å²) >= 11 is 5.81. The van der Waals surface area contributed by atoms with Gasteiger partial charge in [-0.05, 0) is 48.5 Å². The summed E-state index contributed by atoms with van der Waals surface area (Å²) in [5.74, 6) is 0.602. The van der Waals surface area contributed by atoms with Crippen LogP contribution in [0.4, 0.5) is 5.69 Å². The van der Waals surface area contributed by atoms with E-state index in [0.29, 0.717) is 27.8 Å². The van der Waals surface area contributed by atoms with Gasteiger partial charge in [0.1, 0.15) is 23.1 Å². The third kappa shape index (κ3) is 4.28. The van der Waals surface area contributed by atoms with Crippen LogP contribution in [0.15, 0.2) is 48.0 Å². The van der Waals surface area contributed by atoms with Crippen LogP contribution < -0.4 is 14.8 Å². The quantitative estimate of drug-likeness (QED) is 0.660. The largest absolute Gasteiger partial charge is 0.497 e. The average Bonchev–Trinajstić information content (AvgIpc) is 2.61. The number of methoxy groups -OCH3 is 2. The van der Waals surface area contributed by atoms with Crippen LogP contribution in [-0.4, -0.2) is 20.1 Å². The first-order valence-electron chi connectivity index (χ1n) is 6.98. The number of nitrogens with one attached hydrogen (secondary N) is 1. The van der Waals surface area contributed by atoms with Gasteiger partial charge in [0.2, 0.25) is 0 Å². The van der Waals surface area contributed by atoms with Gasteiger partial charge >= 0.3 is 0 Å². The lowest BCUT2D eigenvalue weighted by atomic mass is 10.1. The molecule has 6 heteroatoms. The molecule has 0 aliphatic carbocycles. The highest BCUT2D eigenvalue weighted by Crippen LogP contribution is 2.26. The van der Waals surface area contributed by atoms with Crippen molar-refractivity contribution < 1.29 is 14.3 Å². The zero-order valence-corrected chi connectivity index (χ0v) is 13.9. The Labute approximate surface area is 145 Å². The van der Waals surface area contributed by atoms with Crippen LogP contribution in [0.2, 0.25) is 5.02 Å². The smallest absolute Gasteiger partial charge is 0.266 e. The molecule has 0 aromatic heterocycles. The number of ether oxygens (including phenoxy) is 2. The second kappa shape index (κ2) is 8.04. The van der Waals surface area contributed by atoms with Crippen molar-refractivity contribution in [1.29, 1.82) is 5.26 Å². The van der Waals surface area contributed by atoms with Gasteiger partial charge in [-0.1, -0.05) is 11.6 Å². The maximum absolute atomic E-state index is 12.3. The Morgan fingerprint density at radius 1 is 1.17 bits per heavy atom. The van der Waals surface area contributed by atoms with Gasteiger partial charge in [0, 0.05) is 16.3 Å². The molecule has 0 fully saturated rings. The van der Waals surface area contributed by atoms with E-state index in [-0.39, 0.29) is 5.57 Å². The average molecular weight is 343 g/mol. The molecular formula is C18H15ClN2O3. The van der Waals surface area contributed by atoms with Crippen LogP contribution in [0.5, 0.6) is 11.5 Å². The summed E-state index contributed by atoms with van der Waals surface area (Å²) in [6.07, 6.45) is 1.45. The van der Waals surface area contributed by atoms with Gasteiger partial charge in [-0.25, -0.2) is 0 Å². The second-order valence-electron chi connectivity index (χ2n) is 4.74. The van der Waals surface area contributed by atoms with Gasteiger partial charge in [-0.15, -0.1) is 0 Å². The Hall–Kier alpha value is -2.97. The number of carbonyl (C=O) groups excluding carboxylic acids is 1. The van der Waals surface area contributed by atoms with Gasteiger partial charge in [0.15, 0.2) is 0 Å². The Balaban J connectivity index is 2.30. The summed E-state index contributed by atoms with van der Waals surface area (Å²) in [5, 5.41) is 12.5. The Morgan fingerprint density at radius 2 is 1.88 bits per heavy atom. The molecule has 0 aliphatic heterocycles. The van der Waals surface area contributed by atoms with Crippen molar-refractivity contribution in [2.24, 2.45) is 0 Å². The minimum Gasteiger partial charge on any atom is -0.497 e. The number of carbonyl (C=O) groups is 1. The first-order chi connectivity index (χ1) is 11.6. The zero-order chi connectivity index (χ0) is 17.5. The molecule has 0 saturated heterocycles. The molecule has 0 heterocycles. The number of benzene rings is 2. The summed E-state index contributed by atoms with van der Waals surface area (Å²) < 4.78 is 10.4. The molecule has 0 bridgehead atoms. The highest BCUT2D eigenvalue weighted by molar-refractivity contribution is 6.30. The molecule has 1 N–H and O–H groups in total. The topological polar surface area (TPSA) is 71.3 Å². The van der Waals surface area contributed by atoms with Crippen molar-refractivity contribution in [3.05, 3.63) is 58.6 Å². The van der Waals surface area contributed by atoms with Crippen LogP contribution >= 0.6 is 11.6 Å². The molecule has 0 aliphatic rings. The molecule has 122 valence electrons. The molecule has 2 aromatic carbocycles. The molecule has 0 saturated carbocycles. The lowest BCUT2D eigenvalue weighted by Gasteiger charge is -2.08. The third-order valence-electron chi connectivity index (χ3n) is 3.20. The lowest BCUT2D eigenvalue weighted by molar-refractivity contribution is -0.112. The normalized spacial score (nSPS) is 10.7. The van der Waals surface area contributed by atoms with Crippen molar-refractivity contribution in [3.63, 3.8) is 0 Å². The molecule has 0 spiro atoms. The standard InChI is InChI=1S/C18H15ClN2O3/c1-23-16-7-8-17(24-2)12(10-16)9-13(11-20)18(22)21-15-5-3-14(19)4-6-15/h3-10H,1-2H3,(H,21,22)/b13-9+. The number of rotatable bonds is 5. The van der Waals surface area contributed by atoms with E-state index in [0.717, 1.165) is 0 Å². The Bertz CT molecular complexity index is 808. The fraction of sp³-hybridized carbons (Fsp3) is 0.111. The molecule has 24 heavy (non-hydrogen) atoms. The van der Waals surface area contributed by atoms with E-state index in [2.05, 4.69) is 5.32 Å². The molecule has 5 nitrogen and oxygen atoms in total. The highest BCUT2D eigenvalue weighted by atomic mass is 35.5. The van der Waals surface area contributed by atoms with Crippen LogP contribution in [0.1, 0.15) is 5.56 Å². The summed E-state index contributed by atoms with van der Waals surface area (Å²) in [5.41, 5.74) is 1.05. The first-order valence-corrected chi connectivity index (χ1v) is 7.36. The van der Waals surface area contributed by atoms with Crippen LogP contribution in [0.25, 0.3) is 6.08 Å². The number of nitriles is 1. The SMILES string of the molecule is COc1ccc(OC)c(/C=C(\C#N)C(=O)Nc2ccc(Cl)cc2)c1. The number of halogens is 1. The molecular weight excluding hydrogens is 328 g/mol. The van der Waals surface area contributed by atoms with E-state index in [4.69, 9.17) is 21.1 Å². The van der Waals surface area contributed by atoms with Crippen molar-refractivity contribution in [3.8, 4) is 17.6 Å². The van der Waals surface area contributed by atoms with E-state index in [1.165, 1.54) is 20.3 Å². The maximum Gasteiger partial charge on any atom is 0.266 e. The third-order valence-corrected chi connectivity index (χ3v) is 3.46. The number of anilines is 1. The molecule has 0 radical (unpaired) electrons. The summed E-state index contributed by atoms with van der Waals surface area (Å²) in [6.45, 7) is 0. The zero-order valence-electron chi connectivity index (χ0n) is 13.2. The summed E-state index contributed by atoms with van der Waals surface area (Å²) in [7, 11) is 3.05. The van der Waals surface area contributed by atoms with Crippen molar-refractivity contribution in [1.82, 2.24) is 0 Å². The van der Waals surface area contributed by atoms with Gasteiger partial charge in [0.05, 0.1) is 14.2 Å². The van der Waals surface area contributed by atoms with E-state index in [1.54, 1.807) is 42.5 Å². The van der Waals surface area contributed by atoms with Crippen LogP contribution in [0.3, 0.4) is 0 Å². The predicted octanol–water partition coefficient (Wildman–Crippen LogP) is 3.90. The highest BCUT2D eigenvalue weighted by Gasteiger charge is 2.12. The monoisotopic (exact) mass is 342 g/mol. The van der Waals surface area contributed by atoms with Crippen molar-refractivity contribution in [2.45, 2.75) is 0 Å². The molecule has 0 atom stereocenters. The minimum atomic E-state index is -0.523. The molecule has 0 unspecified atom stereocenters. The molecule has 1 amide bonds. The van der Waals surface area contributed by atoms with Gasteiger partial charge in [-0.3, -0.25) is 4.79 Å². The number of amides is 1. The number of hydrogen-bond donors (Lipinski definition) is 1.